The van der Waals surface area contributed by atoms with Crippen LogP contribution in [-0.2, 0) is 4.79 Å². The summed E-state index contributed by atoms with van der Waals surface area (Å²) in [6, 6.07) is 3.44. The molecule has 6 heteroatoms. The molecule has 16 heavy (non-hydrogen) atoms. The lowest BCUT2D eigenvalue weighted by molar-refractivity contribution is -0.124. The molecule has 2 unspecified atom stereocenters. The number of amides is 1. The van der Waals surface area contributed by atoms with Crippen molar-refractivity contribution in [2.75, 3.05) is 5.32 Å². The highest BCUT2D eigenvalue weighted by Gasteiger charge is 2.29. The number of nitrogens with two attached hydrogens (primary N) is 1. The average Bonchev–Trinajstić information content (AvgIpc) is 2.19. The maximum absolute atomic E-state index is 11.7. The molecule has 0 fully saturated rings. The summed E-state index contributed by atoms with van der Waals surface area (Å²) in [4.78, 5) is 15.8. The number of nitrogens with zero attached hydrogens (tertiary/aromatic N) is 1. The summed E-state index contributed by atoms with van der Waals surface area (Å²) < 4.78 is 6.19. The summed E-state index contributed by atoms with van der Waals surface area (Å²) in [7, 11) is 0. The Bertz CT molecular complexity index is 423. The number of anilines is 1. The summed E-state index contributed by atoms with van der Waals surface area (Å²) >= 11 is 3.23. The summed E-state index contributed by atoms with van der Waals surface area (Å²) in [5.74, 6) is 0.823. The molecule has 5 nitrogen and oxygen atoms in total. The topological polar surface area (TPSA) is 77.2 Å². The SMILES string of the molecule is CC(N)CC1Oc2ccc(Br)nc2NC1=O. The van der Waals surface area contributed by atoms with Crippen LogP contribution in [0.1, 0.15) is 13.3 Å². The number of fused-ring (bicyclic) bond motifs is 1. The first-order chi connectivity index (χ1) is 7.56. The van der Waals surface area contributed by atoms with Crippen molar-refractivity contribution in [3.63, 3.8) is 0 Å². The monoisotopic (exact) mass is 285 g/mol. The predicted octanol–water partition coefficient (Wildman–Crippen LogP) is 1.28. The van der Waals surface area contributed by atoms with Crippen molar-refractivity contribution in [1.29, 1.82) is 0 Å². The second-order valence-electron chi connectivity index (χ2n) is 3.79. The standard InChI is InChI=1S/C10H12BrN3O2/c1-5(12)4-7-10(15)14-9-6(16-7)2-3-8(11)13-9/h2-3,5,7H,4,12H2,1H3,(H,13,14,15). The molecular weight excluding hydrogens is 274 g/mol. The molecule has 0 aliphatic carbocycles. The molecule has 0 saturated heterocycles. The fourth-order valence-corrected chi connectivity index (χ4v) is 1.81. The molecule has 1 aliphatic heterocycles. The van der Waals surface area contributed by atoms with Crippen LogP contribution in [0.3, 0.4) is 0 Å². The first-order valence-corrected chi connectivity index (χ1v) is 5.75. The zero-order valence-corrected chi connectivity index (χ0v) is 10.3. The van der Waals surface area contributed by atoms with Gasteiger partial charge in [-0.3, -0.25) is 4.79 Å². The first kappa shape index (κ1) is 11.3. The van der Waals surface area contributed by atoms with E-state index in [0.29, 0.717) is 22.6 Å². The fraction of sp³-hybridized carbons (Fsp3) is 0.400. The summed E-state index contributed by atoms with van der Waals surface area (Å²) in [5.41, 5.74) is 5.65. The third-order valence-electron chi connectivity index (χ3n) is 2.21. The Morgan fingerprint density at radius 3 is 3.12 bits per heavy atom. The molecule has 1 aliphatic rings. The van der Waals surface area contributed by atoms with Crippen LogP contribution < -0.4 is 15.8 Å². The predicted molar refractivity (Wildman–Crippen MR) is 63.2 cm³/mol. The molecule has 3 N–H and O–H groups in total. The number of rotatable bonds is 2. The molecule has 1 aromatic heterocycles. The number of nitrogens with one attached hydrogen (secondary N) is 1. The van der Waals surface area contributed by atoms with Gasteiger partial charge in [0, 0.05) is 12.5 Å². The van der Waals surface area contributed by atoms with Crippen LogP contribution in [0.4, 0.5) is 5.82 Å². The minimum absolute atomic E-state index is 0.0827. The zero-order chi connectivity index (χ0) is 11.7. The van der Waals surface area contributed by atoms with Crippen molar-refractivity contribution in [2.24, 2.45) is 5.73 Å². The van der Waals surface area contributed by atoms with Crippen LogP contribution in [0.15, 0.2) is 16.7 Å². The normalized spacial score (nSPS) is 20.7. The van der Waals surface area contributed by atoms with E-state index < -0.39 is 6.10 Å². The molecule has 2 atom stereocenters. The highest BCUT2D eigenvalue weighted by Crippen LogP contribution is 2.29. The van der Waals surface area contributed by atoms with E-state index in [9.17, 15) is 4.79 Å². The highest BCUT2D eigenvalue weighted by molar-refractivity contribution is 9.10. The molecule has 1 amide bonds. The minimum Gasteiger partial charge on any atom is -0.477 e. The van der Waals surface area contributed by atoms with E-state index in [1.54, 1.807) is 12.1 Å². The Labute approximate surface area is 102 Å². The van der Waals surface area contributed by atoms with Crippen LogP contribution in [0, 0.1) is 0 Å². The molecule has 0 saturated carbocycles. The van der Waals surface area contributed by atoms with E-state index in [-0.39, 0.29) is 11.9 Å². The number of carbonyl (C=O) groups is 1. The van der Waals surface area contributed by atoms with Gasteiger partial charge in [-0.05, 0) is 35.0 Å². The lowest BCUT2D eigenvalue weighted by atomic mass is 10.1. The van der Waals surface area contributed by atoms with Gasteiger partial charge in [-0.15, -0.1) is 0 Å². The van der Waals surface area contributed by atoms with Gasteiger partial charge in [-0.25, -0.2) is 4.98 Å². The van der Waals surface area contributed by atoms with Gasteiger partial charge < -0.3 is 15.8 Å². The molecule has 0 spiro atoms. The fourth-order valence-electron chi connectivity index (χ4n) is 1.50. The summed E-state index contributed by atoms with van der Waals surface area (Å²) in [5, 5.41) is 2.70. The summed E-state index contributed by atoms with van der Waals surface area (Å²) in [6.07, 6.45) is -0.0445. The van der Waals surface area contributed by atoms with E-state index in [4.69, 9.17) is 10.5 Å². The lowest BCUT2D eigenvalue weighted by Crippen LogP contribution is -2.40. The molecule has 2 rings (SSSR count). The van der Waals surface area contributed by atoms with Gasteiger partial charge in [0.2, 0.25) is 0 Å². The highest BCUT2D eigenvalue weighted by atomic mass is 79.9. The van der Waals surface area contributed by atoms with Crippen LogP contribution in [0.2, 0.25) is 0 Å². The number of halogens is 1. The van der Waals surface area contributed by atoms with Crippen molar-refractivity contribution in [1.82, 2.24) is 4.98 Å². The number of carbonyl (C=O) groups excluding carboxylic acids is 1. The van der Waals surface area contributed by atoms with Gasteiger partial charge in [0.25, 0.3) is 5.91 Å². The molecule has 0 bridgehead atoms. The van der Waals surface area contributed by atoms with Crippen LogP contribution in [0.5, 0.6) is 5.75 Å². The minimum atomic E-state index is -0.532. The maximum Gasteiger partial charge on any atom is 0.266 e. The quantitative estimate of drug-likeness (QED) is 0.803. The Hall–Kier alpha value is -1.14. The van der Waals surface area contributed by atoms with Crippen LogP contribution >= 0.6 is 15.9 Å². The van der Waals surface area contributed by atoms with E-state index in [0.717, 1.165) is 0 Å². The first-order valence-electron chi connectivity index (χ1n) is 4.96. The van der Waals surface area contributed by atoms with Gasteiger partial charge in [0.1, 0.15) is 4.60 Å². The molecule has 2 heterocycles. The van der Waals surface area contributed by atoms with Gasteiger partial charge in [0.05, 0.1) is 0 Å². The van der Waals surface area contributed by atoms with Crippen molar-refractivity contribution in [3.05, 3.63) is 16.7 Å². The third kappa shape index (κ3) is 2.33. The van der Waals surface area contributed by atoms with Crippen molar-refractivity contribution < 1.29 is 9.53 Å². The van der Waals surface area contributed by atoms with Gasteiger partial charge >= 0.3 is 0 Å². The van der Waals surface area contributed by atoms with Gasteiger partial charge in [-0.2, -0.15) is 0 Å². The van der Waals surface area contributed by atoms with Gasteiger partial charge in [0.15, 0.2) is 17.7 Å². The second kappa shape index (κ2) is 4.39. The Morgan fingerprint density at radius 1 is 1.69 bits per heavy atom. The van der Waals surface area contributed by atoms with Crippen molar-refractivity contribution in [2.45, 2.75) is 25.5 Å². The van der Waals surface area contributed by atoms with Crippen LogP contribution in [0.25, 0.3) is 0 Å². The number of ether oxygens (including phenoxy) is 1. The molecule has 0 aromatic carbocycles. The van der Waals surface area contributed by atoms with Crippen molar-refractivity contribution in [3.8, 4) is 5.75 Å². The molecular formula is C10H12BrN3O2. The van der Waals surface area contributed by atoms with E-state index in [1.807, 2.05) is 6.92 Å². The number of pyridine rings is 1. The Morgan fingerprint density at radius 2 is 2.44 bits per heavy atom. The number of aromatic nitrogens is 1. The van der Waals surface area contributed by atoms with Crippen LogP contribution in [-0.4, -0.2) is 23.0 Å². The van der Waals surface area contributed by atoms with E-state index >= 15 is 0 Å². The van der Waals surface area contributed by atoms with Crippen molar-refractivity contribution >= 4 is 27.7 Å². The Kier molecular flexibility index (Phi) is 3.11. The smallest absolute Gasteiger partial charge is 0.266 e. The zero-order valence-electron chi connectivity index (χ0n) is 8.74. The van der Waals surface area contributed by atoms with Gasteiger partial charge in [-0.1, -0.05) is 0 Å². The molecule has 86 valence electrons. The Balaban J connectivity index is 2.22. The molecule has 1 aromatic rings. The average molecular weight is 286 g/mol. The number of hydrogen-bond donors (Lipinski definition) is 2. The molecule has 0 radical (unpaired) electrons. The largest absolute Gasteiger partial charge is 0.477 e. The second-order valence-corrected chi connectivity index (χ2v) is 4.60. The lowest BCUT2D eigenvalue weighted by Gasteiger charge is -2.26. The summed E-state index contributed by atoms with van der Waals surface area (Å²) in [6.45, 7) is 1.84. The van der Waals surface area contributed by atoms with E-state index in [1.165, 1.54) is 0 Å². The number of hydrogen-bond acceptors (Lipinski definition) is 4. The third-order valence-corrected chi connectivity index (χ3v) is 2.66. The maximum atomic E-state index is 11.7. The van der Waals surface area contributed by atoms with E-state index in [2.05, 4.69) is 26.2 Å².